The number of aromatic nitrogens is 1. The lowest BCUT2D eigenvalue weighted by atomic mass is 9.98. The molecule has 0 aliphatic rings. The van der Waals surface area contributed by atoms with Crippen molar-refractivity contribution in [2.24, 2.45) is 5.73 Å². The zero-order valence-electron chi connectivity index (χ0n) is 9.91. The third-order valence-electron chi connectivity index (χ3n) is 3.13. The largest absolute Gasteiger partial charge is 0.324 e. The summed E-state index contributed by atoms with van der Waals surface area (Å²) in [6, 6.07) is 10.4. The average molecular weight is 254 g/mol. The second kappa shape index (κ2) is 4.88. The van der Waals surface area contributed by atoms with Crippen LogP contribution in [-0.2, 0) is 6.42 Å². The lowest BCUT2D eigenvalue weighted by Gasteiger charge is -2.13. The number of hydrogen-bond donors (Lipinski definition) is 1. The van der Waals surface area contributed by atoms with Crippen LogP contribution in [0.4, 0.5) is 0 Å². The molecule has 2 aromatic heterocycles. The van der Waals surface area contributed by atoms with E-state index >= 15 is 0 Å². The number of rotatable bonds is 3. The van der Waals surface area contributed by atoms with Gasteiger partial charge in [0.15, 0.2) is 0 Å². The number of hydrogen-bond acceptors (Lipinski definition) is 3. The number of nitrogens with zero attached hydrogens (tertiary/aromatic N) is 1. The Bertz CT molecular complexity index is 641. The molecule has 1 unspecified atom stereocenters. The molecule has 1 aromatic carbocycles. The smallest absolute Gasteiger partial charge is 0.0357 e. The fraction of sp³-hybridized carbons (Fsp3) is 0.133. The van der Waals surface area contributed by atoms with Crippen LogP contribution in [0.2, 0.25) is 0 Å². The van der Waals surface area contributed by atoms with E-state index in [1.165, 1.54) is 10.9 Å². The first-order valence-corrected chi connectivity index (χ1v) is 6.88. The first kappa shape index (κ1) is 11.4. The van der Waals surface area contributed by atoms with Crippen molar-refractivity contribution in [3.05, 3.63) is 64.6 Å². The number of nitrogens with two attached hydrogens (primary N) is 1. The van der Waals surface area contributed by atoms with Gasteiger partial charge in [0.2, 0.25) is 0 Å². The highest BCUT2D eigenvalue weighted by Crippen LogP contribution is 2.24. The van der Waals surface area contributed by atoms with E-state index in [0.29, 0.717) is 0 Å². The molecular formula is C15H14N2S. The molecule has 0 aliphatic heterocycles. The maximum atomic E-state index is 6.32. The molecule has 1 atom stereocenters. The topological polar surface area (TPSA) is 38.9 Å². The van der Waals surface area contributed by atoms with Crippen molar-refractivity contribution < 1.29 is 0 Å². The van der Waals surface area contributed by atoms with Gasteiger partial charge in [-0.05, 0) is 39.8 Å². The number of pyridine rings is 1. The van der Waals surface area contributed by atoms with Gasteiger partial charge in [0.1, 0.15) is 0 Å². The molecule has 2 heterocycles. The summed E-state index contributed by atoms with van der Waals surface area (Å²) in [7, 11) is 0. The minimum atomic E-state index is -0.00167. The second-order valence-electron chi connectivity index (χ2n) is 4.39. The molecule has 3 rings (SSSR count). The Balaban J connectivity index is 1.98. The molecular weight excluding hydrogens is 240 g/mol. The minimum Gasteiger partial charge on any atom is -0.324 e. The maximum absolute atomic E-state index is 6.32. The van der Waals surface area contributed by atoms with Gasteiger partial charge < -0.3 is 5.73 Å². The van der Waals surface area contributed by atoms with E-state index in [-0.39, 0.29) is 6.04 Å². The molecule has 90 valence electrons. The second-order valence-corrected chi connectivity index (χ2v) is 5.17. The quantitative estimate of drug-likeness (QED) is 0.776. The van der Waals surface area contributed by atoms with Crippen molar-refractivity contribution in [3.8, 4) is 0 Å². The van der Waals surface area contributed by atoms with Crippen molar-refractivity contribution in [1.29, 1.82) is 0 Å². The van der Waals surface area contributed by atoms with Crippen LogP contribution in [0.3, 0.4) is 0 Å². The van der Waals surface area contributed by atoms with Crippen molar-refractivity contribution in [2.75, 3.05) is 0 Å². The Morgan fingerprint density at radius 3 is 2.89 bits per heavy atom. The number of thiophene rings is 1. The highest BCUT2D eigenvalue weighted by Gasteiger charge is 2.11. The van der Waals surface area contributed by atoms with E-state index in [1.54, 1.807) is 11.3 Å². The molecule has 0 saturated heterocycles. The monoisotopic (exact) mass is 254 g/mol. The van der Waals surface area contributed by atoms with Gasteiger partial charge in [0.25, 0.3) is 0 Å². The molecule has 3 heteroatoms. The highest BCUT2D eigenvalue weighted by molar-refractivity contribution is 7.07. The summed E-state index contributed by atoms with van der Waals surface area (Å²) >= 11 is 1.71. The number of fused-ring (bicyclic) bond motifs is 1. The average Bonchev–Trinajstić information content (AvgIpc) is 2.91. The third-order valence-corrected chi connectivity index (χ3v) is 3.87. The summed E-state index contributed by atoms with van der Waals surface area (Å²) in [5.41, 5.74) is 8.73. The van der Waals surface area contributed by atoms with Crippen molar-refractivity contribution >= 4 is 22.1 Å². The Kier molecular flexibility index (Phi) is 3.09. The van der Waals surface area contributed by atoms with E-state index in [2.05, 4.69) is 33.9 Å². The fourth-order valence-electron chi connectivity index (χ4n) is 2.21. The summed E-state index contributed by atoms with van der Waals surface area (Å²) in [6.07, 6.45) is 4.63. The van der Waals surface area contributed by atoms with Crippen LogP contribution in [0.5, 0.6) is 0 Å². The van der Waals surface area contributed by atoms with Gasteiger partial charge in [-0.15, -0.1) is 0 Å². The Morgan fingerprint density at radius 2 is 2.06 bits per heavy atom. The van der Waals surface area contributed by atoms with E-state index in [9.17, 15) is 0 Å². The third kappa shape index (κ3) is 2.15. The van der Waals surface area contributed by atoms with Gasteiger partial charge in [-0.1, -0.05) is 24.3 Å². The molecule has 0 fully saturated rings. The van der Waals surface area contributed by atoms with Gasteiger partial charge >= 0.3 is 0 Å². The van der Waals surface area contributed by atoms with Crippen molar-refractivity contribution in [1.82, 2.24) is 4.98 Å². The minimum absolute atomic E-state index is 0.00167. The lowest BCUT2D eigenvalue weighted by Crippen LogP contribution is -2.13. The van der Waals surface area contributed by atoms with Gasteiger partial charge in [0.05, 0.1) is 0 Å². The lowest BCUT2D eigenvalue weighted by molar-refractivity contribution is 0.726. The predicted molar refractivity (Wildman–Crippen MR) is 76.7 cm³/mol. The van der Waals surface area contributed by atoms with Gasteiger partial charge in [-0.2, -0.15) is 11.3 Å². The van der Waals surface area contributed by atoms with Crippen LogP contribution >= 0.6 is 11.3 Å². The zero-order valence-corrected chi connectivity index (χ0v) is 10.7. The molecule has 0 amide bonds. The maximum Gasteiger partial charge on any atom is 0.0357 e. The molecule has 2 N–H and O–H groups in total. The van der Waals surface area contributed by atoms with Gasteiger partial charge in [-0.3, -0.25) is 4.98 Å². The first-order valence-electron chi connectivity index (χ1n) is 5.94. The predicted octanol–water partition coefficient (Wildman–Crippen LogP) is 3.54. The fourth-order valence-corrected chi connectivity index (χ4v) is 2.89. The summed E-state index contributed by atoms with van der Waals surface area (Å²) in [4.78, 5) is 4.29. The van der Waals surface area contributed by atoms with Crippen molar-refractivity contribution in [2.45, 2.75) is 12.5 Å². The van der Waals surface area contributed by atoms with E-state index < -0.39 is 0 Å². The van der Waals surface area contributed by atoms with Crippen LogP contribution in [-0.4, -0.2) is 4.98 Å². The molecule has 0 saturated carbocycles. The Morgan fingerprint density at radius 1 is 1.17 bits per heavy atom. The van der Waals surface area contributed by atoms with Gasteiger partial charge in [0, 0.05) is 23.8 Å². The van der Waals surface area contributed by atoms with E-state index in [4.69, 9.17) is 5.73 Å². The SMILES string of the molecule is NC(Cc1ccsc1)c1cncc2ccccc12. The molecule has 0 radical (unpaired) electrons. The summed E-state index contributed by atoms with van der Waals surface area (Å²) < 4.78 is 0. The van der Waals surface area contributed by atoms with E-state index in [1.807, 2.05) is 24.5 Å². The normalized spacial score (nSPS) is 12.7. The molecule has 3 aromatic rings. The van der Waals surface area contributed by atoms with Crippen LogP contribution in [0.15, 0.2) is 53.5 Å². The zero-order chi connectivity index (χ0) is 12.4. The van der Waals surface area contributed by atoms with Crippen LogP contribution in [0.1, 0.15) is 17.2 Å². The summed E-state index contributed by atoms with van der Waals surface area (Å²) in [6.45, 7) is 0. The molecule has 18 heavy (non-hydrogen) atoms. The van der Waals surface area contributed by atoms with Crippen LogP contribution in [0.25, 0.3) is 10.8 Å². The van der Waals surface area contributed by atoms with Crippen LogP contribution < -0.4 is 5.73 Å². The number of benzene rings is 1. The Hall–Kier alpha value is -1.71. The summed E-state index contributed by atoms with van der Waals surface area (Å²) in [5.74, 6) is 0. The van der Waals surface area contributed by atoms with Crippen molar-refractivity contribution in [3.63, 3.8) is 0 Å². The Labute approximate surface area is 110 Å². The van der Waals surface area contributed by atoms with E-state index in [0.717, 1.165) is 17.4 Å². The first-order chi connectivity index (χ1) is 8.84. The summed E-state index contributed by atoms with van der Waals surface area (Å²) in [5, 5.41) is 6.59. The molecule has 0 bridgehead atoms. The molecule has 0 spiro atoms. The highest BCUT2D eigenvalue weighted by atomic mass is 32.1. The molecule has 2 nitrogen and oxygen atoms in total. The van der Waals surface area contributed by atoms with Crippen LogP contribution in [0, 0.1) is 0 Å². The molecule has 0 aliphatic carbocycles. The standard InChI is InChI=1S/C15H14N2S/c16-15(7-11-5-6-18-10-11)14-9-17-8-12-3-1-2-4-13(12)14/h1-6,8-10,15H,7,16H2. The van der Waals surface area contributed by atoms with Gasteiger partial charge in [-0.25, -0.2) is 0 Å².